The Bertz CT molecular complexity index is 670. The van der Waals surface area contributed by atoms with E-state index in [9.17, 15) is 9.90 Å². The predicted octanol–water partition coefficient (Wildman–Crippen LogP) is 3.24. The summed E-state index contributed by atoms with van der Waals surface area (Å²) in [5.41, 5.74) is 0.588. The summed E-state index contributed by atoms with van der Waals surface area (Å²) in [5, 5.41) is 11.0. The number of allylic oxidation sites excluding steroid dienone is 1. The van der Waals surface area contributed by atoms with Crippen LogP contribution in [0.25, 0.3) is 0 Å². The van der Waals surface area contributed by atoms with Gasteiger partial charge in [0.2, 0.25) is 0 Å². The Labute approximate surface area is 167 Å². The number of nitrogens with zero attached hydrogens (tertiary/aromatic N) is 1. The molecule has 2 bridgehead atoms. The second-order valence-electron chi connectivity index (χ2n) is 7.71. The molecule has 3 saturated heterocycles. The van der Waals surface area contributed by atoms with Gasteiger partial charge in [0.05, 0.1) is 11.7 Å². The minimum Gasteiger partial charge on any atom is -0.490 e. The summed E-state index contributed by atoms with van der Waals surface area (Å²) in [7, 11) is 0. The highest BCUT2D eigenvalue weighted by Gasteiger charge is 2.46. The van der Waals surface area contributed by atoms with Crippen molar-refractivity contribution in [2.24, 2.45) is 5.92 Å². The highest BCUT2D eigenvalue weighted by atomic mass is 35.5. The van der Waals surface area contributed by atoms with E-state index in [0.717, 1.165) is 31.5 Å². The van der Waals surface area contributed by atoms with E-state index in [0.29, 0.717) is 30.2 Å². The summed E-state index contributed by atoms with van der Waals surface area (Å²) in [6.45, 7) is 10.5. The molecule has 0 aromatic heterocycles. The number of esters is 1. The Balaban J connectivity index is 0.00000261. The van der Waals surface area contributed by atoms with E-state index >= 15 is 0 Å². The van der Waals surface area contributed by atoms with Crippen LogP contribution in [0.15, 0.2) is 30.9 Å². The Morgan fingerprint density at radius 3 is 2.67 bits per heavy atom. The molecule has 3 aliphatic rings. The molecule has 3 fully saturated rings. The summed E-state index contributed by atoms with van der Waals surface area (Å²) >= 11 is 0. The van der Waals surface area contributed by atoms with E-state index in [1.807, 2.05) is 13.8 Å². The third-order valence-electron chi connectivity index (χ3n) is 5.33. The third-order valence-corrected chi connectivity index (χ3v) is 5.33. The van der Waals surface area contributed by atoms with Gasteiger partial charge in [0.15, 0.2) is 0 Å². The fourth-order valence-electron chi connectivity index (χ4n) is 3.96. The molecular formula is C21H30ClNO4. The van der Waals surface area contributed by atoms with Gasteiger partial charge in [-0.2, -0.15) is 0 Å². The lowest BCUT2D eigenvalue weighted by Crippen LogP contribution is -2.61. The highest BCUT2D eigenvalue weighted by Crippen LogP contribution is 2.36. The number of halogens is 1. The molecule has 0 saturated carbocycles. The van der Waals surface area contributed by atoms with Gasteiger partial charge in [-0.1, -0.05) is 6.08 Å². The number of benzene rings is 1. The minimum atomic E-state index is -0.794. The summed E-state index contributed by atoms with van der Waals surface area (Å²) in [5.74, 6) is 0.652. The first kappa shape index (κ1) is 21.7. The highest BCUT2D eigenvalue weighted by molar-refractivity contribution is 5.90. The SMILES string of the molecule is C=CCc1cc(C(=O)OC(C)C)ccc1OCC1(O)CN2CCC1CC2.Cl. The van der Waals surface area contributed by atoms with Crippen LogP contribution < -0.4 is 4.74 Å². The standard InChI is InChI=1S/C21H29NO4.ClH/c1-4-5-16-12-17(20(23)26-15(2)3)6-7-19(16)25-14-21(24)13-22-10-8-18(21)9-11-22;/h4,6-7,12,15,18,24H,1,5,8-11,13-14H2,2-3H3;1H. The van der Waals surface area contributed by atoms with Crippen LogP contribution in [0.1, 0.15) is 42.6 Å². The van der Waals surface area contributed by atoms with E-state index in [1.54, 1.807) is 24.3 Å². The minimum absolute atomic E-state index is 0. The van der Waals surface area contributed by atoms with Gasteiger partial charge in [0.25, 0.3) is 0 Å². The molecule has 5 nitrogen and oxygen atoms in total. The zero-order valence-corrected chi connectivity index (χ0v) is 17.0. The Morgan fingerprint density at radius 2 is 2.11 bits per heavy atom. The van der Waals surface area contributed by atoms with Gasteiger partial charge < -0.3 is 19.5 Å². The molecule has 3 heterocycles. The molecule has 4 rings (SSSR count). The zero-order chi connectivity index (χ0) is 18.7. The first-order valence-corrected chi connectivity index (χ1v) is 9.43. The normalized spacial score (nSPS) is 26.4. The summed E-state index contributed by atoms with van der Waals surface area (Å²) in [4.78, 5) is 14.4. The second-order valence-corrected chi connectivity index (χ2v) is 7.71. The molecule has 6 heteroatoms. The fourth-order valence-corrected chi connectivity index (χ4v) is 3.96. The van der Waals surface area contributed by atoms with Crippen LogP contribution in [0, 0.1) is 5.92 Å². The van der Waals surface area contributed by atoms with Crippen molar-refractivity contribution >= 4 is 18.4 Å². The number of aliphatic hydroxyl groups is 1. The number of carbonyl (C=O) groups excluding carboxylic acids is 1. The first-order chi connectivity index (χ1) is 12.4. The van der Waals surface area contributed by atoms with Crippen LogP contribution in [-0.4, -0.2) is 53.9 Å². The smallest absolute Gasteiger partial charge is 0.338 e. The van der Waals surface area contributed by atoms with Gasteiger partial charge in [0.1, 0.15) is 18.0 Å². The maximum Gasteiger partial charge on any atom is 0.338 e. The predicted molar refractivity (Wildman–Crippen MR) is 108 cm³/mol. The van der Waals surface area contributed by atoms with Crippen LogP contribution in [0.3, 0.4) is 0 Å². The molecular weight excluding hydrogens is 366 g/mol. The monoisotopic (exact) mass is 395 g/mol. The maximum absolute atomic E-state index is 12.1. The lowest BCUT2D eigenvalue weighted by atomic mass is 9.76. The van der Waals surface area contributed by atoms with Crippen LogP contribution >= 0.6 is 12.4 Å². The topological polar surface area (TPSA) is 59.0 Å². The Hall–Kier alpha value is -1.56. The number of hydrogen-bond acceptors (Lipinski definition) is 5. The van der Waals surface area contributed by atoms with Crippen molar-refractivity contribution in [2.45, 2.75) is 44.8 Å². The van der Waals surface area contributed by atoms with Crippen molar-refractivity contribution in [3.63, 3.8) is 0 Å². The van der Waals surface area contributed by atoms with E-state index in [1.165, 1.54) is 0 Å². The van der Waals surface area contributed by atoms with E-state index in [-0.39, 0.29) is 31.1 Å². The molecule has 0 spiro atoms. The molecule has 27 heavy (non-hydrogen) atoms. The number of piperidine rings is 3. The molecule has 0 radical (unpaired) electrons. The van der Waals surface area contributed by atoms with Gasteiger partial charge >= 0.3 is 5.97 Å². The number of hydrogen-bond donors (Lipinski definition) is 1. The Morgan fingerprint density at radius 1 is 1.41 bits per heavy atom. The van der Waals surface area contributed by atoms with Crippen LogP contribution in [0.2, 0.25) is 0 Å². The van der Waals surface area contributed by atoms with Crippen molar-refractivity contribution in [2.75, 3.05) is 26.2 Å². The van der Waals surface area contributed by atoms with Crippen LogP contribution in [-0.2, 0) is 11.2 Å². The van der Waals surface area contributed by atoms with Gasteiger partial charge in [-0.15, -0.1) is 19.0 Å². The molecule has 150 valence electrons. The molecule has 1 unspecified atom stereocenters. The van der Waals surface area contributed by atoms with Crippen molar-refractivity contribution < 1.29 is 19.4 Å². The van der Waals surface area contributed by atoms with E-state index < -0.39 is 5.60 Å². The van der Waals surface area contributed by atoms with Gasteiger partial charge in [0, 0.05) is 6.54 Å². The van der Waals surface area contributed by atoms with Gasteiger partial charge in [-0.05, 0) is 75.9 Å². The second kappa shape index (κ2) is 9.09. The number of carbonyl (C=O) groups is 1. The fraction of sp³-hybridized carbons (Fsp3) is 0.571. The number of fused-ring (bicyclic) bond motifs is 3. The molecule has 3 aliphatic heterocycles. The molecule has 0 amide bonds. The molecule has 0 aliphatic carbocycles. The van der Waals surface area contributed by atoms with E-state index in [4.69, 9.17) is 9.47 Å². The molecule has 1 aromatic carbocycles. The first-order valence-electron chi connectivity index (χ1n) is 9.43. The van der Waals surface area contributed by atoms with Crippen molar-refractivity contribution in [1.82, 2.24) is 4.90 Å². The quantitative estimate of drug-likeness (QED) is 0.567. The largest absolute Gasteiger partial charge is 0.490 e. The van der Waals surface area contributed by atoms with Crippen LogP contribution in [0.4, 0.5) is 0 Å². The average molecular weight is 396 g/mol. The zero-order valence-electron chi connectivity index (χ0n) is 16.1. The lowest BCUT2D eigenvalue weighted by molar-refractivity contribution is -0.131. The van der Waals surface area contributed by atoms with E-state index in [2.05, 4.69) is 11.5 Å². The van der Waals surface area contributed by atoms with Crippen LogP contribution in [0.5, 0.6) is 5.75 Å². The number of ether oxygens (including phenoxy) is 2. The lowest BCUT2D eigenvalue weighted by Gasteiger charge is -2.50. The number of rotatable bonds is 7. The summed E-state index contributed by atoms with van der Waals surface area (Å²) in [6.07, 6.45) is 4.26. The van der Waals surface area contributed by atoms with Crippen molar-refractivity contribution in [3.05, 3.63) is 42.0 Å². The summed E-state index contributed by atoms with van der Waals surface area (Å²) < 4.78 is 11.3. The summed E-state index contributed by atoms with van der Waals surface area (Å²) in [6, 6.07) is 5.30. The Kier molecular flexibility index (Phi) is 7.32. The van der Waals surface area contributed by atoms with Gasteiger partial charge in [-0.25, -0.2) is 4.79 Å². The van der Waals surface area contributed by atoms with Crippen molar-refractivity contribution in [3.8, 4) is 5.75 Å². The average Bonchev–Trinajstić information content (AvgIpc) is 2.61. The molecule has 1 N–H and O–H groups in total. The molecule has 1 aromatic rings. The maximum atomic E-state index is 12.1. The molecule has 1 atom stereocenters. The third kappa shape index (κ3) is 5.03. The van der Waals surface area contributed by atoms with Gasteiger partial charge in [-0.3, -0.25) is 0 Å². The van der Waals surface area contributed by atoms with Crippen molar-refractivity contribution in [1.29, 1.82) is 0 Å².